The molecule has 0 spiro atoms. The summed E-state index contributed by atoms with van der Waals surface area (Å²) in [5.74, 6) is -1.30. The predicted octanol–water partition coefficient (Wildman–Crippen LogP) is 1.40. The highest BCUT2D eigenvalue weighted by atomic mass is 32.2. The van der Waals surface area contributed by atoms with E-state index in [1.165, 1.54) is 43.8 Å². The molecule has 0 unspecified atom stereocenters. The minimum absolute atomic E-state index is 0.0442. The fourth-order valence-corrected chi connectivity index (χ4v) is 4.70. The van der Waals surface area contributed by atoms with Gasteiger partial charge in [-0.05, 0) is 24.6 Å². The van der Waals surface area contributed by atoms with Gasteiger partial charge in [-0.15, -0.1) is 0 Å². The number of carbonyl (C=O) groups is 3. The summed E-state index contributed by atoms with van der Waals surface area (Å²) in [5, 5.41) is 0. The van der Waals surface area contributed by atoms with Crippen molar-refractivity contribution in [2.24, 2.45) is 0 Å². The molecule has 1 saturated heterocycles. The molecule has 2 aromatic carbocycles. The summed E-state index contributed by atoms with van der Waals surface area (Å²) in [5.41, 5.74) is 1.60. The molecular weight excluding hydrogens is 458 g/mol. The second-order valence-corrected chi connectivity index (χ2v) is 10.2. The molecular formula is C24H29N3O6S. The third-order valence-corrected chi connectivity index (χ3v) is 7.47. The van der Waals surface area contributed by atoms with Crippen molar-refractivity contribution in [1.82, 2.24) is 14.1 Å². The Morgan fingerprint density at radius 2 is 1.56 bits per heavy atom. The maximum Gasteiger partial charge on any atom is 0.321 e. The van der Waals surface area contributed by atoms with E-state index in [1.807, 2.05) is 18.2 Å². The van der Waals surface area contributed by atoms with Crippen LogP contribution in [0.5, 0.6) is 0 Å². The second kappa shape index (κ2) is 11.4. The van der Waals surface area contributed by atoms with Gasteiger partial charge in [-0.1, -0.05) is 42.5 Å². The molecule has 0 radical (unpaired) electrons. The number of ketones is 1. The Kier molecular flexibility index (Phi) is 8.54. The van der Waals surface area contributed by atoms with Crippen LogP contribution < -0.4 is 0 Å². The third-order valence-electron chi connectivity index (χ3n) is 5.65. The Balaban J connectivity index is 1.43. The van der Waals surface area contributed by atoms with Crippen LogP contribution >= 0.6 is 0 Å². The number of hydrogen-bond acceptors (Lipinski definition) is 7. The monoisotopic (exact) mass is 487 g/mol. The molecule has 1 heterocycles. The van der Waals surface area contributed by atoms with E-state index in [0.29, 0.717) is 18.7 Å². The minimum Gasteiger partial charge on any atom is -0.455 e. The molecule has 0 aromatic heterocycles. The number of piperazine rings is 1. The summed E-state index contributed by atoms with van der Waals surface area (Å²) in [7, 11) is -2.69. The van der Waals surface area contributed by atoms with E-state index in [-0.39, 0.29) is 16.6 Å². The first-order chi connectivity index (χ1) is 16.2. The molecule has 1 aliphatic heterocycles. The molecule has 10 heteroatoms. The number of likely N-dealkylation sites (N-methyl/N-ethyl adjacent to an activating group) is 1. The topological polar surface area (TPSA) is 104 Å². The Hall–Kier alpha value is -3.08. The van der Waals surface area contributed by atoms with Crippen molar-refractivity contribution in [1.29, 1.82) is 0 Å². The van der Waals surface area contributed by atoms with Crippen LogP contribution in [-0.2, 0) is 30.9 Å². The SMILES string of the molecule is CC(=O)c1ccc(S(=O)(=O)N(C)CC(=O)OCC(=O)N2CCN(Cc3ccccc3)CC2)cc1. The number of carbonyl (C=O) groups excluding carboxylic acids is 3. The van der Waals surface area contributed by atoms with Gasteiger partial charge in [0.25, 0.3) is 5.91 Å². The van der Waals surface area contributed by atoms with Crippen LogP contribution in [-0.4, -0.2) is 86.6 Å². The molecule has 0 aliphatic carbocycles. The molecule has 1 amide bonds. The molecule has 1 aliphatic rings. The number of Topliss-reactive ketones (excluding diaryl/α,β-unsaturated/α-hetero) is 1. The van der Waals surface area contributed by atoms with Gasteiger partial charge in [0, 0.05) is 45.3 Å². The summed E-state index contributed by atoms with van der Waals surface area (Å²) >= 11 is 0. The highest BCUT2D eigenvalue weighted by Gasteiger charge is 2.25. The maximum absolute atomic E-state index is 12.6. The van der Waals surface area contributed by atoms with Gasteiger partial charge in [-0.2, -0.15) is 4.31 Å². The predicted molar refractivity (Wildman–Crippen MR) is 126 cm³/mol. The van der Waals surface area contributed by atoms with E-state index < -0.39 is 29.1 Å². The molecule has 3 rings (SSSR count). The van der Waals surface area contributed by atoms with Gasteiger partial charge < -0.3 is 9.64 Å². The van der Waals surface area contributed by atoms with Crippen molar-refractivity contribution in [3.8, 4) is 0 Å². The van der Waals surface area contributed by atoms with Crippen molar-refractivity contribution in [3.63, 3.8) is 0 Å². The van der Waals surface area contributed by atoms with Crippen molar-refractivity contribution in [2.75, 3.05) is 46.4 Å². The minimum atomic E-state index is -3.95. The first-order valence-electron chi connectivity index (χ1n) is 10.9. The molecule has 0 saturated carbocycles. The van der Waals surface area contributed by atoms with E-state index >= 15 is 0 Å². The molecule has 2 aromatic rings. The fraction of sp³-hybridized carbons (Fsp3) is 0.375. The second-order valence-electron chi connectivity index (χ2n) is 8.14. The normalized spacial score (nSPS) is 14.7. The van der Waals surface area contributed by atoms with E-state index in [1.54, 1.807) is 4.90 Å². The van der Waals surface area contributed by atoms with Crippen LogP contribution in [0.3, 0.4) is 0 Å². The molecule has 0 atom stereocenters. The standard InChI is InChI=1S/C24H29N3O6S/c1-19(28)21-8-10-22(11-9-21)34(31,32)25(2)17-24(30)33-18-23(29)27-14-12-26(13-15-27)16-20-6-4-3-5-7-20/h3-11H,12-18H2,1-2H3. The van der Waals surface area contributed by atoms with Crippen molar-refractivity contribution >= 4 is 27.7 Å². The largest absolute Gasteiger partial charge is 0.455 e. The van der Waals surface area contributed by atoms with Crippen LogP contribution in [0.25, 0.3) is 0 Å². The number of benzene rings is 2. The van der Waals surface area contributed by atoms with Crippen molar-refractivity contribution in [3.05, 3.63) is 65.7 Å². The molecule has 1 fully saturated rings. The quantitative estimate of drug-likeness (QED) is 0.389. The first kappa shape index (κ1) is 25.5. The molecule has 0 N–H and O–H groups in total. The molecule has 9 nitrogen and oxygen atoms in total. The Labute approximate surface area is 200 Å². The fourth-order valence-electron chi connectivity index (χ4n) is 3.58. The number of rotatable bonds is 9. The van der Waals surface area contributed by atoms with Crippen LogP contribution in [0.15, 0.2) is 59.5 Å². The zero-order valence-corrected chi connectivity index (χ0v) is 20.2. The van der Waals surface area contributed by atoms with Gasteiger partial charge in [0.2, 0.25) is 10.0 Å². The van der Waals surface area contributed by atoms with Gasteiger partial charge in [-0.3, -0.25) is 19.3 Å². The van der Waals surface area contributed by atoms with Crippen molar-refractivity contribution < 1.29 is 27.5 Å². The highest BCUT2D eigenvalue weighted by Crippen LogP contribution is 2.16. The van der Waals surface area contributed by atoms with E-state index in [9.17, 15) is 22.8 Å². The lowest BCUT2D eigenvalue weighted by Crippen LogP contribution is -2.49. The Bertz CT molecular complexity index is 1110. The summed E-state index contributed by atoms with van der Waals surface area (Å²) in [4.78, 5) is 39.8. The highest BCUT2D eigenvalue weighted by molar-refractivity contribution is 7.89. The van der Waals surface area contributed by atoms with Crippen LogP contribution in [0.1, 0.15) is 22.8 Å². The zero-order valence-electron chi connectivity index (χ0n) is 19.3. The number of esters is 1. The number of sulfonamides is 1. The lowest BCUT2D eigenvalue weighted by Gasteiger charge is -2.34. The summed E-state index contributed by atoms with van der Waals surface area (Å²) in [6, 6.07) is 15.6. The Morgan fingerprint density at radius 3 is 2.15 bits per heavy atom. The summed E-state index contributed by atoms with van der Waals surface area (Å²) < 4.78 is 31.2. The van der Waals surface area contributed by atoms with Crippen LogP contribution in [0.2, 0.25) is 0 Å². The summed E-state index contributed by atoms with van der Waals surface area (Å²) in [6.07, 6.45) is 0. The maximum atomic E-state index is 12.6. The van der Waals surface area contributed by atoms with E-state index in [4.69, 9.17) is 4.74 Å². The van der Waals surface area contributed by atoms with Gasteiger partial charge in [-0.25, -0.2) is 8.42 Å². The first-order valence-corrected chi connectivity index (χ1v) is 12.4. The lowest BCUT2D eigenvalue weighted by atomic mass is 10.2. The van der Waals surface area contributed by atoms with Crippen LogP contribution in [0, 0.1) is 0 Å². The molecule has 0 bridgehead atoms. The number of hydrogen-bond donors (Lipinski definition) is 0. The smallest absolute Gasteiger partial charge is 0.321 e. The van der Waals surface area contributed by atoms with Gasteiger partial charge in [0.05, 0.1) is 4.90 Å². The molecule has 182 valence electrons. The third kappa shape index (κ3) is 6.72. The van der Waals surface area contributed by atoms with Gasteiger partial charge >= 0.3 is 5.97 Å². The average molecular weight is 488 g/mol. The van der Waals surface area contributed by atoms with Crippen molar-refractivity contribution in [2.45, 2.75) is 18.4 Å². The number of ether oxygens (including phenoxy) is 1. The number of amides is 1. The van der Waals surface area contributed by atoms with Crippen LogP contribution in [0.4, 0.5) is 0 Å². The van der Waals surface area contributed by atoms with E-state index in [2.05, 4.69) is 17.0 Å². The zero-order chi connectivity index (χ0) is 24.7. The molecule has 34 heavy (non-hydrogen) atoms. The Morgan fingerprint density at radius 1 is 0.941 bits per heavy atom. The summed E-state index contributed by atoms with van der Waals surface area (Å²) in [6.45, 7) is 3.75. The average Bonchev–Trinajstić information content (AvgIpc) is 2.83. The van der Waals surface area contributed by atoms with E-state index in [0.717, 1.165) is 23.9 Å². The van der Waals surface area contributed by atoms with Gasteiger partial charge in [0.1, 0.15) is 6.54 Å². The van der Waals surface area contributed by atoms with Gasteiger partial charge in [0.15, 0.2) is 12.4 Å². The number of nitrogens with zero attached hydrogens (tertiary/aromatic N) is 3. The lowest BCUT2D eigenvalue weighted by molar-refractivity contribution is -0.152.